The molecule has 0 saturated carbocycles. The fraction of sp³-hybridized carbons (Fsp3) is 1.00. The van der Waals surface area contributed by atoms with Gasteiger partial charge in [0.15, 0.2) is 0 Å². The molecule has 0 aromatic rings. The molecule has 0 N–H and O–H groups in total. The van der Waals surface area contributed by atoms with E-state index in [0.29, 0.717) is 5.92 Å². The van der Waals surface area contributed by atoms with Crippen LogP contribution in [-0.4, -0.2) is 6.43 Å². The van der Waals surface area contributed by atoms with Gasteiger partial charge in [0.2, 0.25) is 6.43 Å². The molecule has 0 aromatic heterocycles. The second-order valence-electron chi connectivity index (χ2n) is 3.74. The number of hydrogen-bond donors (Lipinski definition) is 0. The summed E-state index contributed by atoms with van der Waals surface area (Å²) < 4.78 is 23.8. The monoisotopic (exact) mass is 150 g/mol. The molecule has 0 rings (SSSR count). The van der Waals surface area contributed by atoms with Gasteiger partial charge in [-0.05, 0) is 11.3 Å². The Bertz CT molecular complexity index is 95.4. The van der Waals surface area contributed by atoms with Crippen LogP contribution < -0.4 is 0 Å². The van der Waals surface area contributed by atoms with Crippen LogP contribution in [0.15, 0.2) is 0 Å². The Hall–Kier alpha value is -0.140. The lowest BCUT2D eigenvalue weighted by molar-refractivity contribution is 0.0656. The van der Waals surface area contributed by atoms with Gasteiger partial charge >= 0.3 is 0 Å². The molecule has 2 heteroatoms. The highest BCUT2D eigenvalue weighted by atomic mass is 19.3. The molecule has 0 aliphatic carbocycles. The van der Waals surface area contributed by atoms with E-state index in [1.54, 1.807) is 0 Å². The minimum absolute atomic E-state index is 0.00463. The molecular formula is C8H16F2. The SMILES string of the molecule is CC(C)C(C)(C)CC(F)F. The molecule has 0 unspecified atom stereocenters. The molecule has 0 atom stereocenters. The topological polar surface area (TPSA) is 0 Å². The van der Waals surface area contributed by atoms with E-state index in [1.165, 1.54) is 0 Å². The molecule has 0 aliphatic rings. The molecular weight excluding hydrogens is 134 g/mol. The van der Waals surface area contributed by atoms with Gasteiger partial charge < -0.3 is 0 Å². The van der Waals surface area contributed by atoms with Crippen molar-refractivity contribution < 1.29 is 8.78 Å². The normalized spacial score (nSPS) is 13.2. The average molecular weight is 150 g/mol. The van der Waals surface area contributed by atoms with Crippen molar-refractivity contribution in [1.82, 2.24) is 0 Å². The Morgan fingerprint density at radius 2 is 1.60 bits per heavy atom. The number of hydrogen-bond acceptors (Lipinski definition) is 0. The lowest BCUT2D eigenvalue weighted by Crippen LogP contribution is -2.22. The van der Waals surface area contributed by atoms with Crippen LogP contribution in [0.25, 0.3) is 0 Å². The van der Waals surface area contributed by atoms with E-state index in [-0.39, 0.29) is 11.8 Å². The molecule has 62 valence electrons. The maximum Gasteiger partial charge on any atom is 0.239 e. The van der Waals surface area contributed by atoms with Gasteiger partial charge in [-0.15, -0.1) is 0 Å². The smallest absolute Gasteiger partial charge is 0.211 e. The van der Waals surface area contributed by atoms with E-state index >= 15 is 0 Å². The van der Waals surface area contributed by atoms with Crippen LogP contribution >= 0.6 is 0 Å². The minimum Gasteiger partial charge on any atom is -0.211 e. The fourth-order valence-electron chi connectivity index (χ4n) is 0.633. The summed E-state index contributed by atoms with van der Waals surface area (Å²) in [4.78, 5) is 0. The van der Waals surface area contributed by atoms with E-state index in [9.17, 15) is 8.78 Å². The summed E-state index contributed by atoms with van der Waals surface area (Å²) >= 11 is 0. The summed E-state index contributed by atoms with van der Waals surface area (Å²) in [5.74, 6) is 0.321. The summed E-state index contributed by atoms with van der Waals surface area (Å²) in [7, 11) is 0. The summed E-state index contributed by atoms with van der Waals surface area (Å²) in [6, 6.07) is 0. The van der Waals surface area contributed by atoms with Crippen molar-refractivity contribution in [2.45, 2.75) is 40.5 Å². The van der Waals surface area contributed by atoms with Crippen LogP contribution in [0.4, 0.5) is 8.78 Å². The summed E-state index contributed by atoms with van der Waals surface area (Å²) in [5, 5.41) is 0. The quantitative estimate of drug-likeness (QED) is 0.579. The highest BCUT2D eigenvalue weighted by Gasteiger charge is 2.26. The first-order valence-electron chi connectivity index (χ1n) is 3.64. The highest BCUT2D eigenvalue weighted by molar-refractivity contribution is 4.72. The van der Waals surface area contributed by atoms with Crippen LogP contribution in [0.2, 0.25) is 0 Å². The zero-order valence-corrected chi connectivity index (χ0v) is 7.12. The Labute approximate surface area is 61.6 Å². The summed E-state index contributed by atoms with van der Waals surface area (Å²) in [6.45, 7) is 7.71. The third kappa shape index (κ3) is 3.14. The zero-order chi connectivity index (χ0) is 8.36. The molecule has 0 amide bonds. The largest absolute Gasteiger partial charge is 0.239 e. The van der Waals surface area contributed by atoms with Gasteiger partial charge in [0, 0.05) is 6.42 Å². The second-order valence-corrected chi connectivity index (χ2v) is 3.74. The first kappa shape index (κ1) is 9.86. The van der Waals surface area contributed by atoms with Gasteiger partial charge in [-0.2, -0.15) is 0 Å². The first-order valence-corrected chi connectivity index (χ1v) is 3.64. The van der Waals surface area contributed by atoms with E-state index in [2.05, 4.69) is 0 Å². The third-order valence-corrected chi connectivity index (χ3v) is 2.24. The maximum absolute atomic E-state index is 11.9. The molecule has 0 saturated heterocycles. The van der Waals surface area contributed by atoms with Crippen molar-refractivity contribution >= 4 is 0 Å². The molecule has 0 spiro atoms. The zero-order valence-electron chi connectivity index (χ0n) is 7.12. The first-order chi connectivity index (χ1) is 4.36. The number of rotatable bonds is 3. The van der Waals surface area contributed by atoms with Crippen LogP contribution in [0.5, 0.6) is 0 Å². The Balaban J connectivity index is 3.87. The van der Waals surface area contributed by atoms with Crippen molar-refractivity contribution in [3.8, 4) is 0 Å². The Morgan fingerprint density at radius 3 is 1.70 bits per heavy atom. The fourth-order valence-corrected chi connectivity index (χ4v) is 0.633. The highest BCUT2D eigenvalue weighted by Crippen LogP contribution is 2.32. The van der Waals surface area contributed by atoms with Crippen LogP contribution in [0, 0.1) is 11.3 Å². The number of alkyl halides is 2. The van der Waals surface area contributed by atoms with Crippen LogP contribution in [-0.2, 0) is 0 Å². The molecule has 10 heavy (non-hydrogen) atoms. The lowest BCUT2D eigenvalue weighted by Gasteiger charge is -2.28. The molecule has 0 aromatic carbocycles. The molecule has 0 heterocycles. The molecule has 0 nitrogen and oxygen atoms in total. The van der Waals surface area contributed by atoms with Gasteiger partial charge in [-0.1, -0.05) is 27.7 Å². The van der Waals surface area contributed by atoms with Crippen molar-refractivity contribution in [1.29, 1.82) is 0 Å². The molecule has 0 radical (unpaired) electrons. The lowest BCUT2D eigenvalue weighted by atomic mass is 9.78. The molecule has 0 bridgehead atoms. The van der Waals surface area contributed by atoms with E-state index < -0.39 is 6.43 Å². The van der Waals surface area contributed by atoms with Gasteiger partial charge in [-0.25, -0.2) is 8.78 Å². The minimum atomic E-state index is -2.17. The summed E-state index contributed by atoms with van der Waals surface area (Å²) in [6.07, 6.45) is -2.16. The Morgan fingerprint density at radius 1 is 1.20 bits per heavy atom. The Kier molecular flexibility index (Phi) is 3.26. The molecule has 0 aliphatic heterocycles. The van der Waals surface area contributed by atoms with Crippen molar-refractivity contribution in [3.63, 3.8) is 0 Å². The summed E-state index contributed by atoms with van der Waals surface area (Å²) in [5.41, 5.74) is -0.228. The van der Waals surface area contributed by atoms with E-state index in [1.807, 2.05) is 27.7 Å². The molecule has 0 fully saturated rings. The average Bonchev–Trinajstić information content (AvgIpc) is 1.60. The van der Waals surface area contributed by atoms with Crippen LogP contribution in [0.3, 0.4) is 0 Å². The third-order valence-electron chi connectivity index (χ3n) is 2.24. The van der Waals surface area contributed by atoms with Crippen LogP contribution in [0.1, 0.15) is 34.1 Å². The van der Waals surface area contributed by atoms with Crippen molar-refractivity contribution in [2.24, 2.45) is 11.3 Å². The van der Waals surface area contributed by atoms with Crippen molar-refractivity contribution in [3.05, 3.63) is 0 Å². The predicted octanol–water partition coefficient (Wildman–Crippen LogP) is 3.32. The maximum atomic E-state index is 11.9. The van der Waals surface area contributed by atoms with E-state index in [0.717, 1.165) is 0 Å². The number of halogens is 2. The van der Waals surface area contributed by atoms with Crippen molar-refractivity contribution in [2.75, 3.05) is 0 Å². The predicted molar refractivity (Wildman–Crippen MR) is 39.2 cm³/mol. The van der Waals surface area contributed by atoms with Gasteiger partial charge in [0.25, 0.3) is 0 Å². The van der Waals surface area contributed by atoms with Gasteiger partial charge in [-0.3, -0.25) is 0 Å². The second kappa shape index (κ2) is 3.31. The van der Waals surface area contributed by atoms with Gasteiger partial charge in [0.05, 0.1) is 0 Å². The van der Waals surface area contributed by atoms with Gasteiger partial charge in [0.1, 0.15) is 0 Å². The standard InChI is InChI=1S/C8H16F2/c1-6(2)8(3,4)5-7(9)10/h6-7H,5H2,1-4H3. The van der Waals surface area contributed by atoms with E-state index in [4.69, 9.17) is 0 Å².